The van der Waals surface area contributed by atoms with Gasteiger partial charge in [0.05, 0.1) is 5.75 Å². The summed E-state index contributed by atoms with van der Waals surface area (Å²) in [5.74, 6) is -0.337. The molecule has 1 aromatic heterocycles. The third-order valence-corrected chi connectivity index (χ3v) is 2.03. The number of amides is 1. The standard InChI is InChI=1S/C7H7N2OS/c8-7(10)5-11-6-1-3-9-4-2-6/h1-4,8H,5H2. The maximum Gasteiger partial charge on any atom is 0.248 e. The molecule has 4 heteroatoms. The molecule has 0 aromatic carbocycles. The topological polar surface area (TPSA) is 53.8 Å². The molecule has 0 unspecified atom stereocenters. The number of carbonyl (C=O) groups is 1. The zero-order chi connectivity index (χ0) is 8.10. The van der Waals surface area contributed by atoms with Crippen LogP contribution < -0.4 is 5.73 Å². The van der Waals surface area contributed by atoms with Crippen molar-refractivity contribution in [2.75, 3.05) is 5.75 Å². The van der Waals surface area contributed by atoms with E-state index in [0.29, 0.717) is 0 Å². The second-order valence-electron chi connectivity index (χ2n) is 1.89. The number of hydrogen-bond donors (Lipinski definition) is 0. The highest BCUT2D eigenvalue weighted by Crippen LogP contribution is 2.14. The van der Waals surface area contributed by atoms with Gasteiger partial charge in [0.1, 0.15) is 0 Å². The van der Waals surface area contributed by atoms with Gasteiger partial charge in [-0.05, 0) is 12.1 Å². The number of aromatic nitrogens is 1. The van der Waals surface area contributed by atoms with Gasteiger partial charge in [-0.1, -0.05) is 0 Å². The van der Waals surface area contributed by atoms with Crippen molar-refractivity contribution in [1.82, 2.24) is 10.7 Å². The van der Waals surface area contributed by atoms with Crippen LogP contribution in [0.5, 0.6) is 0 Å². The fraction of sp³-hybridized carbons (Fsp3) is 0.143. The number of hydrogen-bond acceptors (Lipinski definition) is 3. The minimum Gasteiger partial charge on any atom is -0.272 e. The highest BCUT2D eigenvalue weighted by Gasteiger charge is 1.96. The molecule has 1 radical (unpaired) electrons. The van der Waals surface area contributed by atoms with Gasteiger partial charge in [-0.3, -0.25) is 15.5 Å². The lowest BCUT2D eigenvalue weighted by Gasteiger charge is -1.94. The van der Waals surface area contributed by atoms with Gasteiger partial charge in [0.2, 0.25) is 5.91 Å². The van der Waals surface area contributed by atoms with Gasteiger partial charge in [0.25, 0.3) is 0 Å². The van der Waals surface area contributed by atoms with Crippen LogP contribution in [0, 0.1) is 0 Å². The molecule has 0 atom stereocenters. The molecule has 1 amide bonds. The molecule has 0 fully saturated rings. The Morgan fingerprint density at radius 1 is 1.55 bits per heavy atom. The van der Waals surface area contributed by atoms with E-state index < -0.39 is 5.91 Å². The van der Waals surface area contributed by atoms with E-state index in [1.54, 1.807) is 12.4 Å². The van der Waals surface area contributed by atoms with Crippen molar-refractivity contribution >= 4 is 17.7 Å². The van der Waals surface area contributed by atoms with Crippen LogP contribution >= 0.6 is 11.8 Å². The molecule has 57 valence electrons. The van der Waals surface area contributed by atoms with Crippen LogP contribution in [0.3, 0.4) is 0 Å². The SMILES string of the molecule is [NH]C(=O)CSc1ccncc1. The first-order chi connectivity index (χ1) is 5.29. The highest BCUT2D eigenvalue weighted by molar-refractivity contribution is 8.00. The monoisotopic (exact) mass is 167 g/mol. The molecule has 1 heterocycles. The summed E-state index contributed by atoms with van der Waals surface area (Å²) in [6, 6.07) is 3.63. The van der Waals surface area contributed by atoms with Crippen molar-refractivity contribution < 1.29 is 4.79 Å². The first kappa shape index (κ1) is 8.07. The lowest BCUT2D eigenvalue weighted by atomic mass is 10.5. The van der Waals surface area contributed by atoms with E-state index in [1.807, 2.05) is 12.1 Å². The average Bonchev–Trinajstić information content (AvgIpc) is 2.03. The number of thioether (sulfide) groups is 1. The minimum absolute atomic E-state index is 0.212. The summed E-state index contributed by atoms with van der Waals surface area (Å²) in [5.41, 5.74) is 6.65. The number of rotatable bonds is 3. The summed E-state index contributed by atoms with van der Waals surface area (Å²) in [4.78, 5) is 15.0. The number of nitrogens with zero attached hydrogens (tertiary/aromatic N) is 1. The zero-order valence-electron chi connectivity index (χ0n) is 5.78. The van der Waals surface area contributed by atoms with Crippen LogP contribution in [0.2, 0.25) is 0 Å². The molecule has 3 nitrogen and oxygen atoms in total. The van der Waals surface area contributed by atoms with E-state index >= 15 is 0 Å². The predicted molar refractivity (Wildman–Crippen MR) is 43.1 cm³/mol. The normalized spacial score (nSPS) is 9.45. The Hall–Kier alpha value is -1.03. The lowest BCUT2D eigenvalue weighted by molar-refractivity contribution is -0.116. The van der Waals surface area contributed by atoms with Gasteiger partial charge in [0.15, 0.2) is 0 Å². The lowest BCUT2D eigenvalue weighted by Crippen LogP contribution is -1.99. The largest absolute Gasteiger partial charge is 0.272 e. The van der Waals surface area contributed by atoms with Crippen LogP contribution in [0.25, 0.3) is 0 Å². The zero-order valence-corrected chi connectivity index (χ0v) is 6.60. The summed E-state index contributed by atoms with van der Waals surface area (Å²) in [6.07, 6.45) is 3.33. The maximum absolute atomic E-state index is 10.2. The molecule has 0 saturated heterocycles. The van der Waals surface area contributed by atoms with Crippen LogP contribution in [-0.4, -0.2) is 16.6 Å². The Morgan fingerprint density at radius 3 is 2.73 bits per heavy atom. The number of carbonyl (C=O) groups excluding carboxylic acids is 1. The average molecular weight is 167 g/mol. The van der Waals surface area contributed by atoms with E-state index in [-0.39, 0.29) is 5.75 Å². The fourth-order valence-corrected chi connectivity index (χ4v) is 1.20. The molecule has 0 aliphatic carbocycles. The van der Waals surface area contributed by atoms with Crippen LogP contribution in [-0.2, 0) is 4.79 Å². The van der Waals surface area contributed by atoms with Gasteiger partial charge in [-0.2, -0.15) is 0 Å². The van der Waals surface area contributed by atoms with E-state index in [4.69, 9.17) is 5.73 Å². The van der Waals surface area contributed by atoms with Crippen molar-refractivity contribution in [3.05, 3.63) is 24.5 Å². The van der Waals surface area contributed by atoms with Gasteiger partial charge in [-0.25, -0.2) is 0 Å². The van der Waals surface area contributed by atoms with Gasteiger partial charge < -0.3 is 0 Å². The summed E-state index contributed by atoms with van der Waals surface area (Å²) in [6.45, 7) is 0. The Balaban J connectivity index is 2.45. The second kappa shape index (κ2) is 3.98. The van der Waals surface area contributed by atoms with Gasteiger partial charge in [0, 0.05) is 17.3 Å². The minimum atomic E-state index is -0.549. The summed E-state index contributed by atoms with van der Waals surface area (Å²) < 4.78 is 0. The van der Waals surface area contributed by atoms with Crippen LogP contribution in [0.4, 0.5) is 0 Å². The third kappa shape index (κ3) is 3.04. The van der Waals surface area contributed by atoms with E-state index in [9.17, 15) is 4.79 Å². The predicted octanol–water partition coefficient (Wildman–Crippen LogP) is 0.983. The van der Waals surface area contributed by atoms with Gasteiger partial charge >= 0.3 is 0 Å². The van der Waals surface area contributed by atoms with E-state index in [1.165, 1.54) is 11.8 Å². The molecule has 1 rings (SSSR count). The van der Waals surface area contributed by atoms with Crippen molar-refractivity contribution in [3.8, 4) is 0 Å². The molecule has 0 bridgehead atoms. The third-order valence-electron chi connectivity index (χ3n) is 1.02. The first-order valence-electron chi connectivity index (χ1n) is 3.06. The highest BCUT2D eigenvalue weighted by atomic mass is 32.2. The van der Waals surface area contributed by atoms with Crippen molar-refractivity contribution in [2.24, 2.45) is 0 Å². The van der Waals surface area contributed by atoms with Crippen molar-refractivity contribution in [2.45, 2.75) is 4.90 Å². The molecule has 11 heavy (non-hydrogen) atoms. The molecule has 1 N–H and O–H groups in total. The fourth-order valence-electron chi connectivity index (χ4n) is 0.583. The first-order valence-corrected chi connectivity index (χ1v) is 4.05. The summed E-state index contributed by atoms with van der Waals surface area (Å²) in [7, 11) is 0. The molecule has 0 saturated carbocycles. The Labute approximate surface area is 69.0 Å². The molecule has 0 aliphatic heterocycles. The molecular formula is C7H7N2OS. The Kier molecular flexibility index (Phi) is 2.92. The number of nitrogens with one attached hydrogen (secondary N) is 1. The summed E-state index contributed by atoms with van der Waals surface area (Å²) in [5, 5.41) is 0. The quantitative estimate of drug-likeness (QED) is 0.630. The van der Waals surface area contributed by atoms with Crippen molar-refractivity contribution in [3.63, 3.8) is 0 Å². The maximum atomic E-state index is 10.2. The van der Waals surface area contributed by atoms with E-state index in [2.05, 4.69) is 4.98 Å². The van der Waals surface area contributed by atoms with Crippen LogP contribution in [0.1, 0.15) is 0 Å². The molecular weight excluding hydrogens is 160 g/mol. The molecule has 0 aliphatic rings. The second-order valence-corrected chi connectivity index (χ2v) is 2.94. The van der Waals surface area contributed by atoms with E-state index in [0.717, 1.165) is 4.90 Å². The molecule has 1 aromatic rings. The van der Waals surface area contributed by atoms with Crippen molar-refractivity contribution in [1.29, 1.82) is 0 Å². The molecule has 0 spiro atoms. The summed E-state index contributed by atoms with van der Waals surface area (Å²) >= 11 is 1.35. The smallest absolute Gasteiger partial charge is 0.248 e. The Bertz CT molecular complexity index is 237. The number of pyridine rings is 1. The van der Waals surface area contributed by atoms with Gasteiger partial charge in [-0.15, -0.1) is 11.8 Å². The Morgan fingerprint density at radius 2 is 2.18 bits per heavy atom. The van der Waals surface area contributed by atoms with Crippen LogP contribution in [0.15, 0.2) is 29.4 Å².